The third-order valence-corrected chi connectivity index (χ3v) is 6.51. The van der Waals surface area contributed by atoms with Crippen LogP contribution in [0.2, 0.25) is 0 Å². The Balaban J connectivity index is 1.31. The Morgan fingerprint density at radius 2 is 1.91 bits per heavy atom. The summed E-state index contributed by atoms with van der Waals surface area (Å²) in [4.78, 5) is 17.3. The number of halogens is 1. The van der Waals surface area contributed by atoms with Gasteiger partial charge in [0.15, 0.2) is 10.3 Å². The van der Waals surface area contributed by atoms with Crippen molar-refractivity contribution in [3.05, 3.63) is 81.9 Å². The summed E-state index contributed by atoms with van der Waals surface area (Å²) in [5, 5.41) is 16.3. The Morgan fingerprint density at radius 1 is 1.09 bits per heavy atom. The average Bonchev–Trinajstić information content (AvgIpc) is 3.52. The van der Waals surface area contributed by atoms with E-state index in [2.05, 4.69) is 41.8 Å². The molecule has 0 saturated carbocycles. The first-order chi connectivity index (χ1) is 15.6. The molecular weight excluding hydrogens is 512 g/mol. The van der Waals surface area contributed by atoms with E-state index in [1.807, 2.05) is 60.7 Å². The van der Waals surface area contributed by atoms with Gasteiger partial charge in [-0.3, -0.25) is 4.79 Å². The standard InChI is InChI=1S/C21H13BrN6O2S2/c22-13-6-8-14(9-7-13)23-20-24-19(29)17(31-20)12-16-10-11-18(30-16)32-21-25-26-27-28(21)15-4-2-1-3-5-15/h1-12H,(H,23,24,29)/b17-12-. The number of para-hydroxylation sites is 1. The second-order valence-corrected chi connectivity index (χ2v) is 9.34. The van der Waals surface area contributed by atoms with E-state index in [4.69, 9.17) is 4.42 Å². The zero-order valence-electron chi connectivity index (χ0n) is 16.2. The van der Waals surface area contributed by atoms with Gasteiger partial charge in [-0.25, -0.2) is 4.99 Å². The van der Waals surface area contributed by atoms with Crippen LogP contribution in [0.15, 0.2) is 95.8 Å². The first-order valence-corrected chi connectivity index (χ1v) is 11.7. The average molecular weight is 525 g/mol. The van der Waals surface area contributed by atoms with Gasteiger partial charge in [0.25, 0.3) is 5.91 Å². The van der Waals surface area contributed by atoms with Crippen LogP contribution in [0.4, 0.5) is 5.69 Å². The molecule has 3 heterocycles. The number of nitrogens with zero attached hydrogens (tertiary/aromatic N) is 5. The summed E-state index contributed by atoms with van der Waals surface area (Å²) in [6, 6.07) is 20.7. The molecule has 0 unspecified atom stereocenters. The fraction of sp³-hybridized carbons (Fsp3) is 0. The molecule has 0 radical (unpaired) electrons. The molecule has 5 rings (SSSR count). The van der Waals surface area contributed by atoms with Crippen molar-refractivity contribution < 1.29 is 9.21 Å². The third-order valence-electron chi connectivity index (χ3n) is 4.22. The van der Waals surface area contributed by atoms with Crippen LogP contribution in [-0.2, 0) is 4.79 Å². The summed E-state index contributed by atoms with van der Waals surface area (Å²) in [6.07, 6.45) is 1.69. The number of nitrogens with one attached hydrogen (secondary N) is 1. The molecule has 11 heteroatoms. The summed E-state index contributed by atoms with van der Waals surface area (Å²) < 4.78 is 8.47. The van der Waals surface area contributed by atoms with Gasteiger partial charge in [0.2, 0.25) is 5.16 Å². The number of carbonyl (C=O) groups excluding carboxylic acids is 1. The van der Waals surface area contributed by atoms with Gasteiger partial charge in [-0.2, -0.15) is 4.68 Å². The van der Waals surface area contributed by atoms with Crippen molar-refractivity contribution in [1.82, 2.24) is 25.5 Å². The number of furan rings is 1. The van der Waals surface area contributed by atoms with Crippen LogP contribution >= 0.6 is 39.5 Å². The number of amides is 1. The second kappa shape index (κ2) is 9.15. The molecule has 4 aromatic rings. The van der Waals surface area contributed by atoms with Gasteiger partial charge >= 0.3 is 0 Å². The fourth-order valence-corrected chi connectivity index (χ4v) is 4.62. The van der Waals surface area contributed by atoms with E-state index in [1.165, 1.54) is 23.5 Å². The van der Waals surface area contributed by atoms with Gasteiger partial charge in [0.05, 0.1) is 16.3 Å². The molecule has 8 nitrogen and oxygen atoms in total. The minimum atomic E-state index is -0.218. The SMILES string of the molecule is O=C1NC(=Nc2ccc(Br)cc2)S/C1=C\c1ccc(Sc2nnnn2-c2ccccc2)o1. The number of amidine groups is 1. The first-order valence-electron chi connectivity index (χ1n) is 9.31. The highest BCUT2D eigenvalue weighted by atomic mass is 79.9. The lowest BCUT2D eigenvalue weighted by atomic mass is 10.3. The molecule has 32 heavy (non-hydrogen) atoms. The first kappa shape index (κ1) is 20.7. The van der Waals surface area contributed by atoms with Crippen LogP contribution in [0.5, 0.6) is 0 Å². The number of rotatable bonds is 5. The fourth-order valence-electron chi connectivity index (χ4n) is 2.77. The molecule has 1 aliphatic heterocycles. The van der Waals surface area contributed by atoms with Crippen molar-refractivity contribution in [2.75, 3.05) is 0 Å². The van der Waals surface area contributed by atoms with Crippen molar-refractivity contribution in [2.24, 2.45) is 4.99 Å². The molecule has 158 valence electrons. The third kappa shape index (κ3) is 4.69. The van der Waals surface area contributed by atoms with E-state index in [0.29, 0.717) is 26.1 Å². The Morgan fingerprint density at radius 3 is 2.72 bits per heavy atom. The van der Waals surface area contributed by atoms with E-state index in [1.54, 1.807) is 16.8 Å². The van der Waals surface area contributed by atoms with E-state index < -0.39 is 0 Å². The normalized spacial score (nSPS) is 16.1. The molecule has 1 saturated heterocycles. The van der Waals surface area contributed by atoms with Crippen LogP contribution in [0.3, 0.4) is 0 Å². The van der Waals surface area contributed by atoms with E-state index in [9.17, 15) is 4.79 Å². The number of aliphatic imine (C=N–C) groups is 1. The number of carbonyl (C=O) groups is 1. The Kier molecular flexibility index (Phi) is 5.93. The monoisotopic (exact) mass is 524 g/mol. The van der Waals surface area contributed by atoms with E-state index in [-0.39, 0.29) is 5.91 Å². The Hall–Kier alpha value is -3.15. The van der Waals surface area contributed by atoms with Crippen molar-refractivity contribution >= 4 is 62.3 Å². The maximum Gasteiger partial charge on any atom is 0.264 e. The minimum absolute atomic E-state index is 0.218. The lowest BCUT2D eigenvalue weighted by Crippen LogP contribution is -2.19. The maximum absolute atomic E-state index is 12.3. The zero-order chi connectivity index (χ0) is 21.9. The van der Waals surface area contributed by atoms with Crippen LogP contribution in [0, 0.1) is 0 Å². The quantitative estimate of drug-likeness (QED) is 0.364. The van der Waals surface area contributed by atoms with E-state index in [0.717, 1.165) is 15.8 Å². The number of aromatic nitrogens is 4. The molecule has 1 fully saturated rings. The van der Waals surface area contributed by atoms with Crippen LogP contribution in [-0.4, -0.2) is 31.3 Å². The molecule has 0 spiro atoms. The van der Waals surface area contributed by atoms with Crippen molar-refractivity contribution in [3.8, 4) is 5.69 Å². The van der Waals surface area contributed by atoms with E-state index >= 15 is 0 Å². The van der Waals surface area contributed by atoms with Crippen LogP contribution < -0.4 is 5.32 Å². The number of tetrazole rings is 1. The highest BCUT2D eigenvalue weighted by Gasteiger charge is 2.24. The molecule has 0 bridgehead atoms. The summed E-state index contributed by atoms with van der Waals surface area (Å²) in [5.41, 5.74) is 1.61. The van der Waals surface area contributed by atoms with Crippen molar-refractivity contribution in [2.45, 2.75) is 10.2 Å². The number of hydrogen-bond donors (Lipinski definition) is 1. The molecule has 0 aliphatic carbocycles. The maximum atomic E-state index is 12.3. The summed E-state index contributed by atoms with van der Waals surface area (Å²) >= 11 is 5.95. The predicted molar refractivity (Wildman–Crippen MR) is 127 cm³/mol. The number of thioether (sulfide) groups is 1. The number of hydrogen-bond acceptors (Lipinski definition) is 8. The van der Waals surface area contributed by atoms with Crippen molar-refractivity contribution in [3.63, 3.8) is 0 Å². The minimum Gasteiger partial charge on any atom is -0.450 e. The highest BCUT2D eigenvalue weighted by Crippen LogP contribution is 2.32. The van der Waals surface area contributed by atoms with Gasteiger partial charge < -0.3 is 9.73 Å². The Bertz CT molecular complexity index is 1330. The summed E-state index contributed by atoms with van der Waals surface area (Å²) in [7, 11) is 0. The van der Waals surface area contributed by atoms with Crippen molar-refractivity contribution in [1.29, 1.82) is 0 Å². The smallest absolute Gasteiger partial charge is 0.264 e. The summed E-state index contributed by atoms with van der Waals surface area (Å²) in [5.74, 6) is 0.332. The van der Waals surface area contributed by atoms with Gasteiger partial charge in [-0.05, 0) is 82.5 Å². The second-order valence-electron chi connectivity index (χ2n) is 6.43. The van der Waals surface area contributed by atoms with Crippen LogP contribution in [0.25, 0.3) is 11.8 Å². The lowest BCUT2D eigenvalue weighted by molar-refractivity contribution is -0.115. The molecule has 1 aliphatic rings. The van der Waals surface area contributed by atoms with Gasteiger partial charge in [-0.15, -0.1) is 5.10 Å². The molecule has 1 N–H and O–H groups in total. The lowest BCUT2D eigenvalue weighted by Gasteiger charge is -2.01. The van der Waals surface area contributed by atoms with Gasteiger partial charge in [-0.1, -0.05) is 34.1 Å². The van der Waals surface area contributed by atoms with Gasteiger partial charge in [0.1, 0.15) is 5.76 Å². The van der Waals surface area contributed by atoms with Gasteiger partial charge in [0, 0.05) is 10.5 Å². The molecule has 2 aromatic carbocycles. The summed E-state index contributed by atoms with van der Waals surface area (Å²) in [6.45, 7) is 0. The molecule has 2 aromatic heterocycles. The predicted octanol–water partition coefficient (Wildman–Crippen LogP) is 5.06. The molecule has 0 atom stereocenters. The largest absolute Gasteiger partial charge is 0.450 e. The number of benzene rings is 2. The molecule has 1 amide bonds. The highest BCUT2D eigenvalue weighted by molar-refractivity contribution is 9.10. The van der Waals surface area contributed by atoms with Crippen LogP contribution in [0.1, 0.15) is 5.76 Å². The molecular formula is C21H13BrN6O2S2. The topological polar surface area (TPSA) is 98.2 Å². The zero-order valence-corrected chi connectivity index (χ0v) is 19.4. The Labute approximate surface area is 199 Å².